The number of hydrogen-bond acceptors (Lipinski definition) is 2. The first-order chi connectivity index (χ1) is 8.65. The fourth-order valence-corrected chi connectivity index (χ4v) is 2.13. The lowest BCUT2D eigenvalue weighted by molar-refractivity contribution is 0.0566. The van der Waals surface area contributed by atoms with Crippen LogP contribution in [0.5, 0.6) is 0 Å². The summed E-state index contributed by atoms with van der Waals surface area (Å²) in [7, 11) is 0. The van der Waals surface area contributed by atoms with Gasteiger partial charge in [-0.25, -0.2) is 9.67 Å². The number of H-pyrrole nitrogens is 1. The van der Waals surface area contributed by atoms with E-state index in [9.17, 15) is 8.78 Å². The Morgan fingerprint density at radius 1 is 1.33 bits per heavy atom. The lowest BCUT2D eigenvalue weighted by Crippen LogP contribution is -1.96. The van der Waals surface area contributed by atoms with E-state index in [-0.39, 0.29) is 0 Å². The van der Waals surface area contributed by atoms with Crippen molar-refractivity contribution in [1.29, 1.82) is 0 Å². The van der Waals surface area contributed by atoms with Gasteiger partial charge in [-0.3, -0.25) is 0 Å². The molecule has 92 valence electrons. The van der Waals surface area contributed by atoms with Crippen LogP contribution < -0.4 is 0 Å². The van der Waals surface area contributed by atoms with Gasteiger partial charge in [-0.15, -0.1) is 0 Å². The fraction of sp³-hybridized carbons (Fsp3) is 0.0909. The highest BCUT2D eigenvalue weighted by molar-refractivity contribution is 9.10. The van der Waals surface area contributed by atoms with Crippen LogP contribution in [-0.4, -0.2) is 19.7 Å². The third-order valence-corrected chi connectivity index (χ3v) is 3.04. The number of rotatable bonds is 2. The van der Waals surface area contributed by atoms with Crippen molar-refractivity contribution in [3.63, 3.8) is 0 Å². The zero-order chi connectivity index (χ0) is 12.7. The van der Waals surface area contributed by atoms with Crippen molar-refractivity contribution in [2.24, 2.45) is 0 Å². The van der Waals surface area contributed by atoms with Crippen LogP contribution in [0.4, 0.5) is 8.78 Å². The first kappa shape index (κ1) is 11.3. The van der Waals surface area contributed by atoms with Crippen molar-refractivity contribution in [2.45, 2.75) is 6.55 Å². The number of halogens is 3. The Bertz CT molecular complexity index is 704. The highest BCUT2D eigenvalue weighted by atomic mass is 79.9. The van der Waals surface area contributed by atoms with E-state index >= 15 is 0 Å². The standard InChI is InChI=1S/C11H7BrF2N4/c12-7-1-8-9(4-16-10(8)15-3-7)6-2-17-18(5-6)11(13)14/h1-5,11H,(H,15,16). The Labute approximate surface area is 109 Å². The number of hydrogen-bond donors (Lipinski definition) is 1. The summed E-state index contributed by atoms with van der Waals surface area (Å²) in [5.41, 5.74) is 2.13. The number of aromatic nitrogens is 4. The zero-order valence-corrected chi connectivity index (χ0v) is 10.5. The summed E-state index contributed by atoms with van der Waals surface area (Å²) in [5, 5.41) is 4.48. The molecule has 1 N–H and O–H groups in total. The number of nitrogens with zero attached hydrogens (tertiary/aromatic N) is 3. The molecule has 4 nitrogen and oxygen atoms in total. The molecule has 18 heavy (non-hydrogen) atoms. The van der Waals surface area contributed by atoms with Crippen molar-refractivity contribution in [3.8, 4) is 11.1 Å². The first-order valence-corrected chi connectivity index (χ1v) is 5.90. The van der Waals surface area contributed by atoms with Gasteiger partial charge in [0.15, 0.2) is 0 Å². The molecule has 0 aliphatic rings. The molecule has 0 aromatic carbocycles. The van der Waals surface area contributed by atoms with Gasteiger partial charge < -0.3 is 4.98 Å². The molecular formula is C11H7BrF2N4. The van der Waals surface area contributed by atoms with Crippen LogP contribution in [0.2, 0.25) is 0 Å². The predicted molar refractivity (Wildman–Crippen MR) is 66.3 cm³/mol. The quantitative estimate of drug-likeness (QED) is 0.786. The summed E-state index contributed by atoms with van der Waals surface area (Å²) in [4.78, 5) is 7.19. The van der Waals surface area contributed by atoms with E-state index in [4.69, 9.17) is 0 Å². The molecule has 0 radical (unpaired) electrons. The second-order valence-electron chi connectivity index (χ2n) is 3.74. The molecule has 3 aromatic rings. The van der Waals surface area contributed by atoms with Crippen LogP contribution >= 0.6 is 15.9 Å². The lowest BCUT2D eigenvalue weighted by atomic mass is 10.1. The molecule has 0 atom stereocenters. The van der Waals surface area contributed by atoms with Gasteiger partial charge in [0.05, 0.1) is 6.20 Å². The molecule has 0 amide bonds. The average Bonchev–Trinajstić information content (AvgIpc) is 2.93. The molecule has 7 heteroatoms. The minimum absolute atomic E-state index is 0.625. The Kier molecular flexibility index (Phi) is 2.62. The van der Waals surface area contributed by atoms with Crippen molar-refractivity contribution < 1.29 is 8.78 Å². The number of alkyl halides is 2. The van der Waals surface area contributed by atoms with E-state index in [1.807, 2.05) is 6.07 Å². The third-order valence-electron chi connectivity index (χ3n) is 2.61. The molecule has 3 heterocycles. The minimum Gasteiger partial charge on any atom is -0.346 e. The molecule has 0 fully saturated rings. The van der Waals surface area contributed by atoms with E-state index in [1.165, 1.54) is 12.4 Å². The molecule has 0 bridgehead atoms. The van der Waals surface area contributed by atoms with E-state index in [2.05, 4.69) is 31.0 Å². The number of fused-ring (bicyclic) bond motifs is 1. The molecule has 0 saturated heterocycles. The minimum atomic E-state index is -2.63. The van der Waals surface area contributed by atoms with Gasteiger partial charge in [-0.05, 0) is 22.0 Å². The van der Waals surface area contributed by atoms with E-state index < -0.39 is 6.55 Å². The van der Waals surface area contributed by atoms with Crippen molar-refractivity contribution in [3.05, 3.63) is 35.3 Å². The lowest BCUT2D eigenvalue weighted by Gasteiger charge is -1.97. The van der Waals surface area contributed by atoms with Crippen LogP contribution in [0.1, 0.15) is 6.55 Å². The molecule has 0 saturated carbocycles. The maximum Gasteiger partial charge on any atom is 0.333 e. The molecule has 3 aromatic heterocycles. The second kappa shape index (κ2) is 4.16. The maximum absolute atomic E-state index is 12.5. The van der Waals surface area contributed by atoms with Crippen LogP contribution in [0.15, 0.2) is 35.3 Å². The summed E-state index contributed by atoms with van der Waals surface area (Å²) in [6.07, 6.45) is 6.13. The monoisotopic (exact) mass is 312 g/mol. The zero-order valence-electron chi connectivity index (χ0n) is 8.94. The summed E-state index contributed by atoms with van der Waals surface area (Å²) in [5.74, 6) is 0. The molecule has 0 aliphatic heterocycles. The van der Waals surface area contributed by atoms with Gasteiger partial charge >= 0.3 is 6.55 Å². The molecular weight excluding hydrogens is 306 g/mol. The van der Waals surface area contributed by atoms with Crippen molar-refractivity contribution >= 4 is 27.0 Å². The molecule has 3 rings (SSSR count). The second-order valence-corrected chi connectivity index (χ2v) is 4.65. The van der Waals surface area contributed by atoms with Crippen molar-refractivity contribution in [1.82, 2.24) is 19.7 Å². The van der Waals surface area contributed by atoms with Crippen LogP contribution in [0.3, 0.4) is 0 Å². The topological polar surface area (TPSA) is 46.5 Å². The van der Waals surface area contributed by atoms with Gasteiger partial charge in [0, 0.05) is 39.6 Å². The Morgan fingerprint density at radius 2 is 2.17 bits per heavy atom. The number of aromatic amines is 1. The van der Waals surface area contributed by atoms with Crippen LogP contribution in [0.25, 0.3) is 22.2 Å². The van der Waals surface area contributed by atoms with E-state index in [1.54, 1.807) is 12.4 Å². The van der Waals surface area contributed by atoms with Gasteiger partial charge in [0.2, 0.25) is 0 Å². The normalized spacial score (nSPS) is 11.6. The average molecular weight is 313 g/mol. The largest absolute Gasteiger partial charge is 0.346 e. The first-order valence-electron chi connectivity index (χ1n) is 5.10. The third kappa shape index (κ3) is 1.80. The van der Waals surface area contributed by atoms with Gasteiger partial charge in [0.1, 0.15) is 5.65 Å². The van der Waals surface area contributed by atoms with Gasteiger partial charge in [-0.2, -0.15) is 13.9 Å². The maximum atomic E-state index is 12.5. The Balaban J connectivity index is 2.15. The van der Waals surface area contributed by atoms with Crippen molar-refractivity contribution in [2.75, 3.05) is 0 Å². The van der Waals surface area contributed by atoms with E-state index in [0.717, 1.165) is 15.4 Å². The smallest absolute Gasteiger partial charge is 0.333 e. The van der Waals surface area contributed by atoms with Gasteiger partial charge in [-0.1, -0.05) is 0 Å². The fourth-order valence-electron chi connectivity index (χ4n) is 1.80. The highest BCUT2D eigenvalue weighted by Crippen LogP contribution is 2.29. The number of nitrogens with one attached hydrogen (secondary N) is 1. The Hall–Kier alpha value is -1.76. The van der Waals surface area contributed by atoms with Crippen LogP contribution in [-0.2, 0) is 0 Å². The molecule has 0 aliphatic carbocycles. The SMILES string of the molecule is FC(F)n1cc(-c2c[nH]c3ncc(Br)cc23)cn1. The molecule has 0 unspecified atom stereocenters. The Morgan fingerprint density at radius 3 is 2.89 bits per heavy atom. The summed E-state index contributed by atoms with van der Waals surface area (Å²) < 4.78 is 26.4. The summed E-state index contributed by atoms with van der Waals surface area (Å²) >= 11 is 3.34. The summed E-state index contributed by atoms with van der Waals surface area (Å²) in [6.45, 7) is -2.63. The highest BCUT2D eigenvalue weighted by Gasteiger charge is 2.12. The predicted octanol–water partition coefficient (Wildman–Crippen LogP) is 3.58. The molecule has 0 spiro atoms. The van der Waals surface area contributed by atoms with Crippen LogP contribution in [0, 0.1) is 0 Å². The van der Waals surface area contributed by atoms with E-state index in [0.29, 0.717) is 15.9 Å². The number of pyridine rings is 1. The van der Waals surface area contributed by atoms with Gasteiger partial charge in [0.25, 0.3) is 0 Å². The summed E-state index contributed by atoms with van der Waals surface area (Å²) in [6, 6.07) is 1.88.